The lowest BCUT2D eigenvalue weighted by molar-refractivity contribution is 0.170. The molecule has 3 N–H and O–H groups in total. The van der Waals surface area contributed by atoms with Crippen LogP contribution in [-0.2, 0) is 11.2 Å². The molecule has 0 saturated heterocycles. The standard InChI is InChI=1S/C14H24N2O2/c1-11(8-9-17-2)14(16-15)10-12-4-6-13(18-3)7-5-12/h4-7,11,14,16H,8-10,15H2,1-3H3. The molecule has 18 heavy (non-hydrogen) atoms. The average Bonchev–Trinajstić information content (AvgIpc) is 2.42. The molecular formula is C14H24N2O2. The Balaban J connectivity index is 2.55. The molecule has 0 amide bonds. The van der Waals surface area contributed by atoms with Gasteiger partial charge in [-0.3, -0.25) is 11.3 Å². The summed E-state index contributed by atoms with van der Waals surface area (Å²) in [6.07, 6.45) is 1.91. The maximum atomic E-state index is 5.63. The maximum Gasteiger partial charge on any atom is 0.118 e. The number of hydrogen-bond donors (Lipinski definition) is 2. The van der Waals surface area contributed by atoms with Crippen molar-refractivity contribution in [1.82, 2.24) is 5.43 Å². The van der Waals surface area contributed by atoms with Crippen LogP contribution in [0.5, 0.6) is 5.75 Å². The van der Waals surface area contributed by atoms with E-state index in [1.807, 2.05) is 12.1 Å². The minimum atomic E-state index is 0.258. The van der Waals surface area contributed by atoms with Gasteiger partial charge in [-0.1, -0.05) is 19.1 Å². The molecule has 0 saturated carbocycles. The minimum absolute atomic E-state index is 0.258. The van der Waals surface area contributed by atoms with E-state index in [0.717, 1.165) is 25.2 Å². The van der Waals surface area contributed by atoms with Gasteiger partial charge in [0.05, 0.1) is 7.11 Å². The number of nitrogens with two attached hydrogens (primary N) is 1. The molecule has 0 radical (unpaired) electrons. The summed E-state index contributed by atoms with van der Waals surface area (Å²) >= 11 is 0. The van der Waals surface area contributed by atoms with E-state index in [2.05, 4.69) is 24.5 Å². The molecule has 1 aromatic carbocycles. The average molecular weight is 252 g/mol. The second-order valence-electron chi connectivity index (χ2n) is 4.58. The second-order valence-corrected chi connectivity index (χ2v) is 4.58. The molecule has 4 nitrogen and oxygen atoms in total. The van der Waals surface area contributed by atoms with Gasteiger partial charge >= 0.3 is 0 Å². The molecule has 0 bridgehead atoms. The van der Waals surface area contributed by atoms with Crippen molar-refractivity contribution in [3.8, 4) is 5.75 Å². The van der Waals surface area contributed by atoms with E-state index in [1.165, 1.54) is 5.56 Å². The van der Waals surface area contributed by atoms with E-state index in [-0.39, 0.29) is 6.04 Å². The molecule has 2 atom stereocenters. The summed E-state index contributed by atoms with van der Waals surface area (Å²) < 4.78 is 10.2. The zero-order valence-electron chi connectivity index (χ0n) is 11.5. The molecule has 0 aliphatic carbocycles. The molecule has 0 aliphatic rings. The van der Waals surface area contributed by atoms with Crippen molar-refractivity contribution in [2.45, 2.75) is 25.8 Å². The van der Waals surface area contributed by atoms with Crippen LogP contribution in [0.25, 0.3) is 0 Å². The van der Waals surface area contributed by atoms with Gasteiger partial charge in [0.2, 0.25) is 0 Å². The summed E-state index contributed by atoms with van der Waals surface area (Å²) in [6, 6.07) is 8.36. The molecule has 0 heterocycles. The fraction of sp³-hybridized carbons (Fsp3) is 0.571. The molecule has 102 valence electrons. The Morgan fingerprint density at radius 3 is 2.39 bits per heavy atom. The second kappa shape index (κ2) is 8.08. The van der Waals surface area contributed by atoms with Crippen molar-refractivity contribution >= 4 is 0 Å². The topological polar surface area (TPSA) is 56.5 Å². The fourth-order valence-electron chi connectivity index (χ4n) is 1.94. The fourth-order valence-corrected chi connectivity index (χ4v) is 1.94. The molecular weight excluding hydrogens is 228 g/mol. The monoisotopic (exact) mass is 252 g/mol. The van der Waals surface area contributed by atoms with Crippen LogP contribution in [-0.4, -0.2) is 26.9 Å². The number of nitrogens with one attached hydrogen (secondary N) is 1. The Morgan fingerprint density at radius 2 is 1.89 bits per heavy atom. The van der Waals surface area contributed by atoms with Gasteiger partial charge in [0.15, 0.2) is 0 Å². The normalized spacial score (nSPS) is 14.2. The lowest BCUT2D eigenvalue weighted by Crippen LogP contribution is -2.41. The van der Waals surface area contributed by atoms with Crippen molar-refractivity contribution in [2.24, 2.45) is 11.8 Å². The number of hydrogen-bond acceptors (Lipinski definition) is 4. The molecule has 1 rings (SSSR count). The number of ether oxygens (including phenoxy) is 2. The number of rotatable bonds is 8. The predicted octanol–water partition coefficient (Wildman–Crippen LogP) is 1.74. The molecule has 0 fully saturated rings. The van der Waals surface area contributed by atoms with Gasteiger partial charge in [0, 0.05) is 19.8 Å². The molecule has 4 heteroatoms. The van der Waals surface area contributed by atoms with Crippen LogP contribution in [0.15, 0.2) is 24.3 Å². The minimum Gasteiger partial charge on any atom is -0.497 e. The van der Waals surface area contributed by atoms with Crippen molar-refractivity contribution in [1.29, 1.82) is 0 Å². The van der Waals surface area contributed by atoms with E-state index in [0.29, 0.717) is 5.92 Å². The highest BCUT2D eigenvalue weighted by atomic mass is 16.5. The van der Waals surface area contributed by atoms with E-state index in [9.17, 15) is 0 Å². The SMILES string of the molecule is COCCC(C)C(Cc1ccc(OC)cc1)NN. The van der Waals surface area contributed by atoms with E-state index >= 15 is 0 Å². The third kappa shape index (κ3) is 4.64. The Bertz CT molecular complexity index is 327. The van der Waals surface area contributed by atoms with Gasteiger partial charge in [-0.25, -0.2) is 0 Å². The zero-order valence-corrected chi connectivity index (χ0v) is 11.5. The van der Waals surface area contributed by atoms with Crippen molar-refractivity contribution in [2.75, 3.05) is 20.8 Å². The van der Waals surface area contributed by atoms with Crippen LogP contribution in [0.3, 0.4) is 0 Å². The van der Waals surface area contributed by atoms with E-state index in [4.69, 9.17) is 15.3 Å². The molecule has 0 aromatic heterocycles. The van der Waals surface area contributed by atoms with Gasteiger partial charge in [-0.15, -0.1) is 0 Å². The molecule has 0 aliphatic heterocycles. The summed E-state index contributed by atoms with van der Waals surface area (Å²) in [5, 5.41) is 0. The third-order valence-corrected chi connectivity index (χ3v) is 3.29. The third-order valence-electron chi connectivity index (χ3n) is 3.29. The lowest BCUT2D eigenvalue weighted by atomic mass is 9.93. The quantitative estimate of drug-likeness (QED) is 0.546. The molecule has 2 unspecified atom stereocenters. The zero-order chi connectivity index (χ0) is 13.4. The summed E-state index contributed by atoms with van der Waals surface area (Å²) in [6.45, 7) is 2.95. The Hall–Kier alpha value is -1.10. The number of benzene rings is 1. The summed E-state index contributed by atoms with van der Waals surface area (Å²) in [4.78, 5) is 0. The van der Waals surface area contributed by atoms with Crippen molar-refractivity contribution < 1.29 is 9.47 Å². The highest BCUT2D eigenvalue weighted by Crippen LogP contribution is 2.16. The van der Waals surface area contributed by atoms with Crippen LogP contribution in [0.2, 0.25) is 0 Å². The first-order valence-electron chi connectivity index (χ1n) is 6.29. The van der Waals surface area contributed by atoms with Gasteiger partial charge in [0.25, 0.3) is 0 Å². The lowest BCUT2D eigenvalue weighted by Gasteiger charge is -2.23. The van der Waals surface area contributed by atoms with Crippen LogP contribution >= 0.6 is 0 Å². The Kier molecular flexibility index (Phi) is 6.72. The Morgan fingerprint density at radius 1 is 1.22 bits per heavy atom. The van der Waals surface area contributed by atoms with Crippen molar-refractivity contribution in [3.05, 3.63) is 29.8 Å². The molecule has 1 aromatic rings. The first-order chi connectivity index (χ1) is 8.71. The van der Waals surface area contributed by atoms with Gasteiger partial charge < -0.3 is 9.47 Å². The molecule has 0 spiro atoms. The summed E-state index contributed by atoms with van der Waals surface area (Å²) in [5.41, 5.74) is 4.15. The van der Waals surface area contributed by atoms with Crippen molar-refractivity contribution in [3.63, 3.8) is 0 Å². The Labute approximate surface area is 109 Å². The maximum absolute atomic E-state index is 5.63. The van der Waals surface area contributed by atoms with Crippen LogP contribution in [0.4, 0.5) is 0 Å². The van der Waals surface area contributed by atoms with Crippen LogP contribution in [0.1, 0.15) is 18.9 Å². The summed E-state index contributed by atoms with van der Waals surface area (Å²) in [7, 11) is 3.40. The first kappa shape index (κ1) is 15.0. The highest BCUT2D eigenvalue weighted by molar-refractivity contribution is 5.27. The van der Waals surface area contributed by atoms with Crippen LogP contribution < -0.4 is 16.0 Å². The van der Waals surface area contributed by atoms with Gasteiger partial charge in [0.1, 0.15) is 5.75 Å². The van der Waals surface area contributed by atoms with Crippen LogP contribution in [0, 0.1) is 5.92 Å². The smallest absolute Gasteiger partial charge is 0.118 e. The largest absolute Gasteiger partial charge is 0.497 e. The van der Waals surface area contributed by atoms with Gasteiger partial charge in [-0.2, -0.15) is 0 Å². The van der Waals surface area contributed by atoms with E-state index < -0.39 is 0 Å². The predicted molar refractivity (Wildman–Crippen MR) is 73.5 cm³/mol. The number of methoxy groups -OCH3 is 2. The highest BCUT2D eigenvalue weighted by Gasteiger charge is 2.16. The first-order valence-corrected chi connectivity index (χ1v) is 6.29. The van der Waals surface area contributed by atoms with Gasteiger partial charge in [-0.05, 0) is 36.5 Å². The number of hydrazine groups is 1. The summed E-state index contributed by atoms with van der Waals surface area (Å²) in [5.74, 6) is 6.98. The van der Waals surface area contributed by atoms with E-state index in [1.54, 1.807) is 14.2 Å².